The van der Waals surface area contributed by atoms with Crippen LogP contribution in [0.2, 0.25) is 0 Å². The van der Waals surface area contributed by atoms with Gasteiger partial charge in [-0.25, -0.2) is 4.79 Å². The Labute approximate surface area is 113 Å². The molecule has 0 saturated carbocycles. The summed E-state index contributed by atoms with van der Waals surface area (Å²) in [5.74, 6) is -0.0586. The predicted octanol–water partition coefficient (Wildman–Crippen LogP) is 2.57. The second-order valence-electron chi connectivity index (χ2n) is 5.42. The maximum atomic E-state index is 11.9. The summed E-state index contributed by atoms with van der Waals surface area (Å²) in [5, 5.41) is 2.63. The molecule has 104 valence electrons. The highest BCUT2D eigenvalue weighted by Crippen LogP contribution is 2.08. The fraction of sp³-hybridized carbons (Fsp3) is 0.500. The van der Waals surface area contributed by atoms with Crippen LogP contribution in [0.1, 0.15) is 44.5 Å². The Kier molecular flexibility index (Phi) is 5.03. The number of aromatic nitrogens is 1. The van der Waals surface area contributed by atoms with E-state index in [-0.39, 0.29) is 18.2 Å². The Bertz CT molecular complexity index is 438. The average molecular weight is 264 g/mol. The van der Waals surface area contributed by atoms with Gasteiger partial charge in [0.1, 0.15) is 5.60 Å². The molecule has 1 aromatic rings. The fourth-order valence-corrected chi connectivity index (χ4v) is 1.48. The molecular formula is C14H20N2O3. The first-order valence-corrected chi connectivity index (χ1v) is 6.20. The molecule has 0 radical (unpaired) electrons. The number of amides is 1. The number of ether oxygens (including phenoxy) is 1. The topological polar surface area (TPSA) is 68.3 Å². The van der Waals surface area contributed by atoms with Gasteiger partial charge in [0.05, 0.1) is 0 Å². The molecule has 1 unspecified atom stereocenters. The molecule has 1 aromatic heterocycles. The number of carbonyl (C=O) groups excluding carboxylic acids is 2. The Morgan fingerprint density at radius 2 is 2.11 bits per heavy atom. The van der Waals surface area contributed by atoms with E-state index in [1.54, 1.807) is 46.0 Å². The quantitative estimate of drug-likeness (QED) is 0.849. The zero-order valence-corrected chi connectivity index (χ0v) is 11.8. The Hall–Kier alpha value is -1.91. The summed E-state index contributed by atoms with van der Waals surface area (Å²) in [6.07, 6.45) is 2.83. The van der Waals surface area contributed by atoms with Crippen LogP contribution < -0.4 is 5.32 Å². The molecule has 0 aliphatic rings. The minimum Gasteiger partial charge on any atom is -0.444 e. The first-order valence-electron chi connectivity index (χ1n) is 6.20. The SMILES string of the molecule is CC(CC(=O)c1cccnc1)NC(=O)OC(C)(C)C. The summed E-state index contributed by atoms with van der Waals surface area (Å²) in [6.45, 7) is 7.13. The van der Waals surface area contributed by atoms with Gasteiger partial charge in [-0.1, -0.05) is 0 Å². The van der Waals surface area contributed by atoms with Crippen LogP contribution >= 0.6 is 0 Å². The number of ketones is 1. The molecule has 0 aliphatic carbocycles. The van der Waals surface area contributed by atoms with E-state index in [2.05, 4.69) is 10.3 Å². The Balaban J connectivity index is 2.45. The van der Waals surface area contributed by atoms with Gasteiger partial charge in [-0.3, -0.25) is 9.78 Å². The van der Waals surface area contributed by atoms with Gasteiger partial charge in [-0.05, 0) is 39.8 Å². The van der Waals surface area contributed by atoms with Gasteiger partial charge in [-0.15, -0.1) is 0 Å². The molecular weight excluding hydrogens is 244 g/mol. The smallest absolute Gasteiger partial charge is 0.407 e. The van der Waals surface area contributed by atoms with E-state index in [0.717, 1.165) is 0 Å². The number of nitrogens with one attached hydrogen (secondary N) is 1. The van der Waals surface area contributed by atoms with Gasteiger partial charge in [0.25, 0.3) is 0 Å². The molecule has 0 aromatic carbocycles. The lowest BCUT2D eigenvalue weighted by Gasteiger charge is -2.21. The van der Waals surface area contributed by atoms with Crippen molar-refractivity contribution >= 4 is 11.9 Å². The molecule has 0 bridgehead atoms. The zero-order valence-electron chi connectivity index (χ0n) is 11.8. The van der Waals surface area contributed by atoms with Crippen LogP contribution in [0.25, 0.3) is 0 Å². The first-order chi connectivity index (χ1) is 8.78. The van der Waals surface area contributed by atoms with E-state index in [0.29, 0.717) is 5.56 Å². The molecule has 1 rings (SSSR count). The number of carbonyl (C=O) groups is 2. The zero-order chi connectivity index (χ0) is 14.5. The standard InChI is InChI=1S/C14H20N2O3/c1-10(16-13(18)19-14(2,3)4)8-12(17)11-6-5-7-15-9-11/h5-7,9-10H,8H2,1-4H3,(H,16,18). The maximum absolute atomic E-state index is 11.9. The van der Waals surface area contributed by atoms with E-state index in [4.69, 9.17) is 4.74 Å². The number of alkyl carbamates (subject to hydrolysis) is 1. The Morgan fingerprint density at radius 3 is 2.63 bits per heavy atom. The summed E-state index contributed by atoms with van der Waals surface area (Å²) in [5.41, 5.74) is -0.00250. The monoisotopic (exact) mass is 264 g/mol. The molecule has 0 aliphatic heterocycles. The summed E-state index contributed by atoms with van der Waals surface area (Å²) < 4.78 is 5.12. The molecule has 1 amide bonds. The first kappa shape index (κ1) is 15.1. The summed E-state index contributed by atoms with van der Waals surface area (Å²) in [7, 11) is 0. The number of hydrogen-bond acceptors (Lipinski definition) is 4. The largest absolute Gasteiger partial charge is 0.444 e. The van der Waals surface area contributed by atoms with E-state index in [9.17, 15) is 9.59 Å². The third kappa shape index (κ3) is 5.99. The number of hydrogen-bond donors (Lipinski definition) is 1. The van der Waals surface area contributed by atoms with E-state index >= 15 is 0 Å². The van der Waals surface area contributed by atoms with Gasteiger partial charge < -0.3 is 10.1 Å². The van der Waals surface area contributed by atoms with Crippen LogP contribution in [-0.4, -0.2) is 28.5 Å². The molecule has 1 atom stereocenters. The summed E-state index contributed by atoms with van der Waals surface area (Å²) in [4.78, 5) is 27.3. The fourth-order valence-electron chi connectivity index (χ4n) is 1.48. The average Bonchev–Trinajstić information content (AvgIpc) is 2.27. The maximum Gasteiger partial charge on any atom is 0.407 e. The minimum atomic E-state index is -0.544. The third-order valence-corrected chi connectivity index (χ3v) is 2.24. The molecule has 5 heteroatoms. The van der Waals surface area contributed by atoms with Crippen molar-refractivity contribution in [2.75, 3.05) is 0 Å². The van der Waals surface area contributed by atoms with Crippen LogP contribution in [0.15, 0.2) is 24.5 Å². The second-order valence-corrected chi connectivity index (χ2v) is 5.42. The lowest BCUT2D eigenvalue weighted by Crippen LogP contribution is -2.38. The van der Waals surface area contributed by atoms with Gasteiger partial charge in [0.15, 0.2) is 5.78 Å². The lowest BCUT2D eigenvalue weighted by atomic mass is 10.1. The number of Topliss-reactive ketones (excluding diaryl/α,β-unsaturated/α-hetero) is 1. The number of pyridine rings is 1. The Morgan fingerprint density at radius 1 is 1.42 bits per heavy atom. The van der Waals surface area contributed by atoms with Crippen molar-refractivity contribution in [2.45, 2.75) is 45.8 Å². The highest BCUT2D eigenvalue weighted by molar-refractivity contribution is 5.96. The number of rotatable bonds is 4. The van der Waals surface area contributed by atoms with Crippen molar-refractivity contribution in [3.8, 4) is 0 Å². The van der Waals surface area contributed by atoms with Crippen LogP contribution in [0.4, 0.5) is 4.79 Å². The minimum absolute atomic E-state index is 0.0586. The highest BCUT2D eigenvalue weighted by atomic mass is 16.6. The van der Waals surface area contributed by atoms with Crippen molar-refractivity contribution in [3.63, 3.8) is 0 Å². The van der Waals surface area contributed by atoms with Gasteiger partial charge in [0.2, 0.25) is 0 Å². The summed E-state index contributed by atoms with van der Waals surface area (Å²) >= 11 is 0. The van der Waals surface area contributed by atoms with E-state index < -0.39 is 11.7 Å². The van der Waals surface area contributed by atoms with Crippen molar-refractivity contribution < 1.29 is 14.3 Å². The molecule has 1 N–H and O–H groups in total. The van der Waals surface area contributed by atoms with E-state index in [1.807, 2.05) is 0 Å². The van der Waals surface area contributed by atoms with Crippen LogP contribution in [0.3, 0.4) is 0 Å². The predicted molar refractivity (Wildman–Crippen MR) is 72.0 cm³/mol. The normalized spacial score (nSPS) is 12.6. The third-order valence-electron chi connectivity index (χ3n) is 2.24. The van der Waals surface area contributed by atoms with Crippen molar-refractivity contribution in [2.24, 2.45) is 0 Å². The van der Waals surface area contributed by atoms with Crippen molar-refractivity contribution in [1.82, 2.24) is 10.3 Å². The molecule has 5 nitrogen and oxygen atoms in total. The van der Waals surface area contributed by atoms with Crippen LogP contribution in [0.5, 0.6) is 0 Å². The summed E-state index contributed by atoms with van der Waals surface area (Å²) in [6, 6.07) is 3.12. The van der Waals surface area contributed by atoms with Gasteiger partial charge >= 0.3 is 6.09 Å². The van der Waals surface area contributed by atoms with Gasteiger partial charge in [-0.2, -0.15) is 0 Å². The van der Waals surface area contributed by atoms with Crippen LogP contribution in [-0.2, 0) is 4.74 Å². The van der Waals surface area contributed by atoms with E-state index in [1.165, 1.54) is 6.20 Å². The van der Waals surface area contributed by atoms with Crippen molar-refractivity contribution in [1.29, 1.82) is 0 Å². The highest BCUT2D eigenvalue weighted by Gasteiger charge is 2.19. The lowest BCUT2D eigenvalue weighted by molar-refractivity contribution is 0.0506. The molecule has 0 fully saturated rings. The second kappa shape index (κ2) is 6.31. The van der Waals surface area contributed by atoms with Crippen LogP contribution in [0, 0.1) is 0 Å². The molecule has 1 heterocycles. The number of nitrogens with zero attached hydrogens (tertiary/aromatic N) is 1. The van der Waals surface area contributed by atoms with Gasteiger partial charge in [0, 0.05) is 30.4 Å². The molecule has 0 spiro atoms. The molecule has 19 heavy (non-hydrogen) atoms. The van der Waals surface area contributed by atoms with Crippen molar-refractivity contribution in [3.05, 3.63) is 30.1 Å². The molecule has 0 saturated heterocycles.